The Labute approximate surface area is 158 Å². The number of carbonyl (C=O) groups is 2. The van der Waals surface area contributed by atoms with Crippen LogP contribution in [0.4, 0.5) is 0 Å². The first-order valence-electron chi connectivity index (χ1n) is 9.25. The number of amides is 1. The number of fused-ring (bicyclic) bond motifs is 2. The molecule has 1 amide bonds. The van der Waals surface area contributed by atoms with Gasteiger partial charge in [-0.15, -0.1) is 0 Å². The second kappa shape index (κ2) is 6.82. The number of ether oxygens (including phenoxy) is 1. The lowest BCUT2D eigenvalue weighted by molar-refractivity contribution is 0.0692. The summed E-state index contributed by atoms with van der Waals surface area (Å²) in [6, 6.07) is 14.8. The number of rotatable bonds is 3. The van der Waals surface area contributed by atoms with Crippen molar-refractivity contribution in [2.24, 2.45) is 11.3 Å². The molecule has 5 heteroatoms. The number of ketones is 1. The fourth-order valence-corrected chi connectivity index (χ4v) is 4.36. The maximum Gasteiger partial charge on any atom is 0.254 e. The number of carbonyl (C=O) groups excluding carboxylic acids is 2. The first-order valence-corrected chi connectivity index (χ1v) is 9.25. The van der Waals surface area contributed by atoms with Gasteiger partial charge in [0.1, 0.15) is 5.75 Å². The van der Waals surface area contributed by atoms with E-state index in [1.54, 1.807) is 29.2 Å². The molecule has 0 unspecified atom stereocenters. The van der Waals surface area contributed by atoms with Crippen LogP contribution in [0.25, 0.3) is 0 Å². The molecule has 1 N–H and O–H groups in total. The summed E-state index contributed by atoms with van der Waals surface area (Å²) in [5.74, 6) is 0.624. The Morgan fingerprint density at radius 1 is 1.15 bits per heavy atom. The highest BCUT2D eigenvalue weighted by Crippen LogP contribution is 2.43. The van der Waals surface area contributed by atoms with Gasteiger partial charge in [-0.2, -0.15) is 0 Å². The Morgan fingerprint density at radius 3 is 2.59 bits per heavy atom. The minimum Gasteiger partial charge on any atom is -0.493 e. The predicted octanol–water partition coefficient (Wildman–Crippen LogP) is 2.58. The van der Waals surface area contributed by atoms with Gasteiger partial charge in [0.15, 0.2) is 5.78 Å². The van der Waals surface area contributed by atoms with Crippen LogP contribution < -0.4 is 4.74 Å². The number of benzene rings is 2. The standard InChI is InChI=1S/C22H23NO4/c1-15(25)18-7-3-4-8-19(18)21(26)23-11-17-12-27-20-9-5-2-6-16(20)10-22(17,13-23)14-24/h2-9,17,24H,10-14H2,1H3/t17-,22-/m0/s1. The van der Waals surface area contributed by atoms with Crippen LogP contribution in [0.2, 0.25) is 0 Å². The molecule has 0 saturated carbocycles. The van der Waals surface area contributed by atoms with E-state index in [9.17, 15) is 14.7 Å². The number of hydrogen-bond donors (Lipinski definition) is 1. The van der Waals surface area contributed by atoms with E-state index in [1.807, 2.05) is 24.3 Å². The van der Waals surface area contributed by atoms with Gasteiger partial charge in [-0.1, -0.05) is 36.4 Å². The van der Waals surface area contributed by atoms with Crippen molar-refractivity contribution in [1.29, 1.82) is 0 Å². The molecule has 0 radical (unpaired) electrons. The minimum absolute atomic E-state index is 0.00645. The zero-order chi connectivity index (χ0) is 19.0. The Balaban J connectivity index is 1.64. The van der Waals surface area contributed by atoms with Crippen LogP contribution in [0.1, 0.15) is 33.2 Å². The van der Waals surface area contributed by atoms with Crippen molar-refractivity contribution in [2.45, 2.75) is 13.3 Å². The van der Waals surface area contributed by atoms with Crippen molar-refractivity contribution in [3.63, 3.8) is 0 Å². The molecule has 0 bridgehead atoms. The molecule has 4 rings (SSSR count). The average Bonchev–Trinajstić information content (AvgIpc) is 2.97. The van der Waals surface area contributed by atoms with Crippen LogP contribution in [0.5, 0.6) is 5.75 Å². The van der Waals surface area contributed by atoms with Crippen molar-refractivity contribution in [1.82, 2.24) is 4.90 Å². The molecule has 2 aromatic rings. The van der Waals surface area contributed by atoms with E-state index in [-0.39, 0.29) is 24.2 Å². The number of para-hydroxylation sites is 1. The van der Waals surface area contributed by atoms with Gasteiger partial charge in [0.2, 0.25) is 0 Å². The van der Waals surface area contributed by atoms with Crippen LogP contribution in [0.3, 0.4) is 0 Å². The molecule has 5 nitrogen and oxygen atoms in total. The molecule has 2 aliphatic rings. The molecule has 140 valence electrons. The highest BCUT2D eigenvalue weighted by molar-refractivity contribution is 6.07. The molecule has 2 heterocycles. The van der Waals surface area contributed by atoms with Crippen molar-refractivity contribution < 1.29 is 19.4 Å². The lowest BCUT2D eigenvalue weighted by atomic mass is 9.75. The molecule has 0 spiro atoms. The number of hydrogen-bond acceptors (Lipinski definition) is 4. The first kappa shape index (κ1) is 17.7. The van der Waals surface area contributed by atoms with Crippen LogP contribution in [-0.2, 0) is 6.42 Å². The molecular weight excluding hydrogens is 342 g/mol. The topological polar surface area (TPSA) is 66.8 Å². The zero-order valence-corrected chi connectivity index (χ0v) is 15.4. The van der Waals surface area contributed by atoms with E-state index in [1.165, 1.54) is 6.92 Å². The summed E-state index contributed by atoms with van der Waals surface area (Å²) in [7, 11) is 0. The lowest BCUT2D eigenvalue weighted by Gasteiger charge is -2.30. The normalized spacial score (nSPS) is 23.8. The zero-order valence-electron chi connectivity index (χ0n) is 15.4. The number of aliphatic hydroxyl groups excluding tert-OH is 1. The van der Waals surface area contributed by atoms with Gasteiger partial charge in [0, 0.05) is 30.0 Å². The smallest absolute Gasteiger partial charge is 0.254 e. The maximum atomic E-state index is 13.2. The summed E-state index contributed by atoms with van der Waals surface area (Å²) in [5.41, 5.74) is 1.51. The van der Waals surface area contributed by atoms with Gasteiger partial charge >= 0.3 is 0 Å². The van der Waals surface area contributed by atoms with Crippen molar-refractivity contribution in [3.8, 4) is 5.75 Å². The molecule has 0 aromatic heterocycles. The van der Waals surface area contributed by atoms with E-state index < -0.39 is 5.41 Å². The first-order chi connectivity index (χ1) is 13.0. The Kier molecular flexibility index (Phi) is 4.48. The monoisotopic (exact) mass is 365 g/mol. The average molecular weight is 365 g/mol. The van der Waals surface area contributed by atoms with E-state index in [2.05, 4.69) is 0 Å². The summed E-state index contributed by atoms with van der Waals surface area (Å²) in [6.45, 7) is 2.90. The minimum atomic E-state index is -0.423. The second-order valence-corrected chi connectivity index (χ2v) is 7.60. The number of nitrogens with zero attached hydrogens (tertiary/aromatic N) is 1. The number of Topliss-reactive ketones (excluding diaryl/α,β-unsaturated/α-hetero) is 1. The van der Waals surface area contributed by atoms with Crippen LogP contribution in [-0.4, -0.2) is 48.0 Å². The van der Waals surface area contributed by atoms with Gasteiger partial charge in [0.05, 0.1) is 18.8 Å². The van der Waals surface area contributed by atoms with E-state index in [0.717, 1.165) is 11.3 Å². The van der Waals surface area contributed by atoms with Gasteiger partial charge in [-0.3, -0.25) is 9.59 Å². The fourth-order valence-electron chi connectivity index (χ4n) is 4.36. The summed E-state index contributed by atoms with van der Waals surface area (Å²) >= 11 is 0. The largest absolute Gasteiger partial charge is 0.493 e. The molecular formula is C22H23NO4. The predicted molar refractivity (Wildman–Crippen MR) is 101 cm³/mol. The molecule has 1 saturated heterocycles. The Hall–Kier alpha value is -2.66. The van der Waals surface area contributed by atoms with Gasteiger partial charge < -0.3 is 14.7 Å². The Bertz CT molecular complexity index is 893. The lowest BCUT2D eigenvalue weighted by Crippen LogP contribution is -2.38. The third-order valence-corrected chi connectivity index (χ3v) is 5.91. The summed E-state index contributed by atoms with van der Waals surface area (Å²) in [4.78, 5) is 26.8. The van der Waals surface area contributed by atoms with Crippen LogP contribution in [0.15, 0.2) is 48.5 Å². The molecule has 1 fully saturated rings. The molecule has 2 aromatic carbocycles. The van der Waals surface area contributed by atoms with Crippen molar-refractivity contribution in [2.75, 3.05) is 26.3 Å². The van der Waals surface area contributed by atoms with Gasteiger partial charge in [-0.05, 0) is 31.0 Å². The third kappa shape index (κ3) is 3.02. The highest BCUT2D eigenvalue weighted by Gasteiger charge is 2.49. The van der Waals surface area contributed by atoms with Crippen molar-refractivity contribution in [3.05, 3.63) is 65.2 Å². The third-order valence-electron chi connectivity index (χ3n) is 5.91. The van der Waals surface area contributed by atoms with E-state index >= 15 is 0 Å². The number of aliphatic hydroxyl groups is 1. The van der Waals surface area contributed by atoms with Gasteiger partial charge in [0.25, 0.3) is 5.91 Å². The highest BCUT2D eigenvalue weighted by atomic mass is 16.5. The molecule has 2 aliphatic heterocycles. The fraction of sp³-hybridized carbons (Fsp3) is 0.364. The molecule has 0 aliphatic carbocycles. The summed E-state index contributed by atoms with van der Waals surface area (Å²) < 4.78 is 5.98. The van der Waals surface area contributed by atoms with Crippen LogP contribution >= 0.6 is 0 Å². The maximum absolute atomic E-state index is 13.2. The summed E-state index contributed by atoms with van der Waals surface area (Å²) in [6.07, 6.45) is 0.669. The van der Waals surface area contributed by atoms with E-state index in [0.29, 0.717) is 37.2 Å². The summed E-state index contributed by atoms with van der Waals surface area (Å²) in [5, 5.41) is 10.3. The molecule has 27 heavy (non-hydrogen) atoms. The van der Waals surface area contributed by atoms with Gasteiger partial charge in [-0.25, -0.2) is 0 Å². The quantitative estimate of drug-likeness (QED) is 0.849. The Morgan fingerprint density at radius 2 is 1.85 bits per heavy atom. The second-order valence-electron chi connectivity index (χ2n) is 7.60. The SMILES string of the molecule is CC(=O)c1ccccc1C(=O)N1C[C@H]2COc3ccccc3C[C@@]2(CO)C1. The van der Waals surface area contributed by atoms with Crippen LogP contribution in [0, 0.1) is 11.3 Å². The molecule has 2 atom stereocenters. The van der Waals surface area contributed by atoms with Crippen molar-refractivity contribution >= 4 is 11.7 Å². The van der Waals surface area contributed by atoms with E-state index in [4.69, 9.17) is 4.74 Å². The number of likely N-dealkylation sites (tertiary alicyclic amines) is 1.